The van der Waals surface area contributed by atoms with E-state index in [4.69, 9.17) is 0 Å². The van der Waals surface area contributed by atoms with E-state index >= 15 is 0 Å². The quantitative estimate of drug-likeness (QED) is 0.213. The summed E-state index contributed by atoms with van der Waals surface area (Å²) in [4.78, 5) is 17.5. The van der Waals surface area contributed by atoms with Crippen molar-refractivity contribution in [1.82, 2.24) is 14.9 Å². The summed E-state index contributed by atoms with van der Waals surface area (Å²) >= 11 is 0. The number of fused-ring (bicyclic) bond motifs is 1. The number of aryl methyl sites for hydroxylation is 1. The van der Waals surface area contributed by atoms with Crippen LogP contribution in [-0.2, 0) is 23.9 Å². The van der Waals surface area contributed by atoms with Gasteiger partial charge in [-0.2, -0.15) is 13.2 Å². The molecule has 3 aromatic carbocycles. The van der Waals surface area contributed by atoms with E-state index in [9.17, 15) is 18.0 Å². The molecular weight excluding hydrogens is 511 g/mol. The van der Waals surface area contributed by atoms with E-state index in [0.717, 1.165) is 39.9 Å². The second kappa shape index (κ2) is 11.8. The van der Waals surface area contributed by atoms with Gasteiger partial charge in [-0.3, -0.25) is 9.78 Å². The Kier molecular flexibility index (Phi) is 8.01. The highest BCUT2D eigenvalue weighted by Crippen LogP contribution is 2.38. The van der Waals surface area contributed by atoms with Gasteiger partial charge in [0, 0.05) is 60.8 Å². The van der Waals surface area contributed by atoms with Crippen LogP contribution in [0.5, 0.6) is 0 Å². The molecule has 40 heavy (non-hydrogen) atoms. The van der Waals surface area contributed by atoms with Crippen molar-refractivity contribution >= 4 is 16.8 Å². The Morgan fingerprint density at radius 1 is 0.950 bits per heavy atom. The minimum atomic E-state index is -4.48. The Balaban J connectivity index is 1.49. The van der Waals surface area contributed by atoms with E-state index in [0.29, 0.717) is 25.1 Å². The van der Waals surface area contributed by atoms with Crippen LogP contribution in [0.1, 0.15) is 45.8 Å². The highest BCUT2D eigenvalue weighted by molar-refractivity contribution is 5.87. The number of nitrogens with zero attached hydrogens (tertiary/aromatic N) is 2. The molecule has 0 aliphatic heterocycles. The lowest BCUT2D eigenvalue weighted by Crippen LogP contribution is -2.27. The van der Waals surface area contributed by atoms with Gasteiger partial charge >= 0.3 is 6.18 Å². The third-order valence-electron chi connectivity index (χ3n) is 7.10. The minimum Gasteiger partial charge on any atom is -0.356 e. The molecule has 7 heteroatoms. The van der Waals surface area contributed by atoms with Crippen LogP contribution < -0.4 is 5.32 Å². The van der Waals surface area contributed by atoms with Crippen molar-refractivity contribution in [3.63, 3.8) is 0 Å². The summed E-state index contributed by atoms with van der Waals surface area (Å²) in [6.07, 6.45) is -0.215. The van der Waals surface area contributed by atoms with Crippen molar-refractivity contribution < 1.29 is 18.0 Å². The maximum Gasteiger partial charge on any atom is 0.416 e. The highest BCUT2D eigenvalue weighted by Gasteiger charge is 2.32. The van der Waals surface area contributed by atoms with Crippen molar-refractivity contribution in [3.8, 4) is 0 Å². The summed E-state index contributed by atoms with van der Waals surface area (Å²) < 4.78 is 43.1. The predicted octanol–water partition coefficient (Wildman–Crippen LogP) is 7.29. The van der Waals surface area contributed by atoms with Gasteiger partial charge in [0.25, 0.3) is 0 Å². The van der Waals surface area contributed by atoms with Gasteiger partial charge < -0.3 is 9.88 Å². The molecule has 1 N–H and O–H groups in total. The molecule has 0 radical (unpaired) electrons. The number of amides is 1. The molecule has 5 aromatic rings. The van der Waals surface area contributed by atoms with Crippen LogP contribution in [0.3, 0.4) is 0 Å². The maximum atomic E-state index is 13.7. The van der Waals surface area contributed by atoms with Crippen LogP contribution in [0.4, 0.5) is 13.2 Å². The van der Waals surface area contributed by atoms with E-state index in [-0.39, 0.29) is 12.3 Å². The third-order valence-corrected chi connectivity index (χ3v) is 7.10. The average Bonchev–Trinajstić information content (AvgIpc) is 3.31. The van der Waals surface area contributed by atoms with Crippen LogP contribution in [0.25, 0.3) is 10.9 Å². The Morgan fingerprint density at radius 2 is 1.73 bits per heavy atom. The predicted molar refractivity (Wildman–Crippen MR) is 151 cm³/mol. The number of hydrogen-bond acceptors (Lipinski definition) is 2. The van der Waals surface area contributed by atoms with Gasteiger partial charge in [-0.15, -0.1) is 0 Å². The van der Waals surface area contributed by atoms with Gasteiger partial charge in [-0.25, -0.2) is 0 Å². The number of nitrogens with one attached hydrogen (secondary N) is 1. The molecule has 0 saturated carbocycles. The standard InChI is InChI=1S/C33H30F3N3O/c1-23-12-14-24(15-13-23)21-39-22-30(28-10-2-3-11-31(28)39)29(25-7-6-8-26(19-25)33(34,35)36)20-32(40)38-18-16-27-9-4-5-17-37-27/h2-15,17,19,22,29H,16,18,20-21H2,1H3,(H,38,40)/t29-/m1/s1. The molecule has 0 unspecified atom stereocenters. The maximum absolute atomic E-state index is 13.7. The minimum absolute atomic E-state index is 0.0159. The molecule has 0 aliphatic rings. The van der Waals surface area contributed by atoms with Crippen molar-refractivity contribution in [2.24, 2.45) is 0 Å². The first-order valence-electron chi connectivity index (χ1n) is 13.2. The van der Waals surface area contributed by atoms with Crippen molar-refractivity contribution in [3.05, 3.63) is 137 Å². The zero-order valence-electron chi connectivity index (χ0n) is 22.2. The molecule has 2 aromatic heterocycles. The van der Waals surface area contributed by atoms with Crippen molar-refractivity contribution in [2.75, 3.05) is 6.54 Å². The Labute approximate surface area is 231 Å². The number of hydrogen-bond donors (Lipinski definition) is 1. The summed E-state index contributed by atoms with van der Waals surface area (Å²) in [5, 5.41) is 3.85. The van der Waals surface area contributed by atoms with Crippen molar-refractivity contribution in [2.45, 2.75) is 38.4 Å². The lowest BCUT2D eigenvalue weighted by atomic mass is 9.87. The van der Waals surface area contributed by atoms with E-state index in [1.165, 1.54) is 11.6 Å². The molecule has 5 rings (SSSR count). The molecule has 0 fully saturated rings. The SMILES string of the molecule is Cc1ccc(Cn2cc([C@H](CC(=O)NCCc3ccccn3)c3cccc(C(F)(F)F)c3)c3ccccc32)cc1. The summed E-state index contributed by atoms with van der Waals surface area (Å²) in [6, 6.07) is 27.0. The van der Waals surface area contributed by atoms with Gasteiger partial charge in [0.1, 0.15) is 0 Å². The lowest BCUT2D eigenvalue weighted by Gasteiger charge is -2.19. The van der Waals surface area contributed by atoms with E-state index in [1.807, 2.05) is 55.6 Å². The number of carbonyl (C=O) groups excluding carboxylic acids is 1. The smallest absolute Gasteiger partial charge is 0.356 e. The van der Waals surface area contributed by atoms with Gasteiger partial charge in [0.15, 0.2) is 0 Å². The Hall–Kier alpha value is -4.39. The average molecular weight is 542 g/mol. The van der Waals surface area contributed by atoms with Gasteiger partial charge in [-0.1, -0.05) is 72.3 Å². The number of aromatic nitrogens is 2. The third kappa shape index (κ3) is 6.42. The molecule has 2 heterocycles. The molecular formula is C33H30F3N3O. The van der Waals surface area contributed by atoms with Crippen LogP contribution >= 0.6 is 0 Å². The molecule has 0 aliphatic carbocycles. The number of benzene rings is 3. The molecule has 4 nitrogen and oxygen atoms in total. The zero-order chi connectivity index (χ0) is 28.1. The first kappa shape index (κ1) is 27.2. The second-order valence-electron chi connectivity index (χ2n) is 10.0. The van der Waals surface area contributed by atoms with E-state index in [1.54, 1.807) is 12.3 Å². The van der Waals surface area contributed by atoms with Crippen LogP contribution in [0.2, 0.25) is 0 Å². The first-order valence-corrected chi connectivity index (χ1v) is 13.2. The van der Waals surface area contributed by atoms with Crippen LogP contribution in [-0.4, -0.2) is 22.0 Å². The van der Waals surface area contributed by atoms with Crippen LogP contribution in [0.15, 0.2) is 103 Å². The monoisotopic (exact) mass is 541 g/mol. The van der Waals surface area contributed by atoms with Crippen molar-refractivity contribution in [1.29, 1.82) is 0 Å². The number of para-hydroxylation sites is 1. The fraction of sp³-hybridized carbons (Fsp3) is 0.212. The number of pyridine rings is 1. The lowest BCUT2D eigenvalue weighted by molar-refractivity contribution is -0.137. The second-order valence-corrected chi connectivity index (χ2v) is 10.0. The Bertz CT molecular complexity index is 1590. The number of rotatable bonds is 9. The fourth-order valence-electron chi connectivity index (χ4n) is 5.05. The first-order chi connectivity index (χ1) is 19.3. The normalized spacial score (nSPS) is 12.4. The van der Waals surface area contributed by atoms with E-state index in [2.05, 4.69) is 39.1 Å². The summed E-state index contributed by atoms with van der Waals surface area (Å²) in [5.74, 6) is -0.796. The molecule has 0 saturated heterocycles. The largest absolute Gasteiger partial charge is 0.416 e. The van der Waals surface area contributed by atoms with E-state index < -0.39 is 17.7 Å². The summed E-state index contributed by atoms with van der Waals surface area (Å²) in [6.45, 7) is 3.03. The zero-order valence-corrected chi connectivity index (χ0v) is 22.2. The molecule has 1 amide bonds. The van der Waals surface area contributed by atoms with Gasteiger partial charge in [0.2, 0.25) is 5.91 Å². The summed E-state index contributed by atoms with van der Waals surface area (Å²) in [5.41, 5.74) is 4.65. The van der Waals surface area contributed by atoms with Gasteiger partial charge in [-0.05, 0) is 47.9 Å². The number of alkyl halides is 3. The molecule has 0 spiro atoms. The van der Waals surface area contributed by atoms with Gasteiger partial charge in [0.05, 0.1) is 5.56 Å². The van der Waals surface area contributed by atoms with Crippen LogP contribution in [0, 0.1) is 6.92 Å². The highest BCUT2D eigenvalue weighted by atomic mass is 19.4. The topological polar surface area (TPSA) is 46.9 Å². The molecule has 0 bridgehead atoms. The summed E-state index contributed by atoms with van der Waals surface area (Å²) in [7, 11) is 0. The Morgan fingerprint density at radius 3 is 2.48 bits per heavy atom. The molecule has 1 atom stereocenters. The number of halogens is 3. The fourth-order valence-corrected chi connectivity index (χ4v) is 5.05. The molecule has 204 valence electrons. The number of carbonyl (C=O) groups is 1.